The van der Waals surface area contributed by atoms with Gasteiger partial charge in [-0.1, -0.05) is 0 Å². The summed E-state index contributed by atoms with van der Waals surface area (Å²) in [6, 6.07) is 0.438. The van der Waals surface area contributed by atoms with E-state index in [-0.39, 0.29) is 0 Å². The van der Waals surface area contributed by atoms with Gasteiger partial charge in [0.1, 0.15) is 0 Å². The van der Waals surface area contributed by atoms with Crippen molar-refractivity contribution < 1.29 is 4.74 Å². The number of ether oxygens (including phenoxy) is 1. The summed E-state index contributed by atoms with van der Waals surface area (Å²) in [5.41, 5.74) is 0. The Labute approximate surface area is 77.9 Å². The Hall–Kier alpha value is -1.03. The van der Waals surface area contributed by atoms with Crippen LogP contribution < -0.4 is 5.32 Å². The maximum atomic E-state index is 5.28. The molecule has 1 N–H and O–H groups in total. The average molecular weight is 181 g/mol. The third-order valence-electron chi connectivity index (χ3n) is 2.32. The number of aromatic nitrogens is 2. The molecule has 0 spiro atoms. The lowest BCUT2D eigenvalue weighted by molar-refractivity contribution is 0.195. The van der Waals surface area contributed by atoms with Gasteiger partial charge < -0.3 is 14.6 Å². The van der Waals surface area contributed by atoms with E-state index in [1.165, 1.54) is 0 Å². The molecule has 2 heterocycles. The second-order valence-electron chi connectivity index (χ2n) is 3.24. The predicted octanol–water partition coefficient (Wildman–Crippen LogP) is 1.10. The summed E-state index contributed by atoms with van der Waals surface area (Å²) in [4.78, 5) is 4.25. The van der Waals surface area contributed by atoms with Gasteiger partial charge >= 0.3 is 0 Å². The zero-order valence-electron chi connectivity index (χ0n) is 7.86. The second-order valence-corrected chi connectivity index (χ2v) is 3.24. The molecule has 13 heavy (non-hydrogen) atoms. The topological polar surface area (TPSA) is 39.1 Å². The van der Waals surface area contributed by atoms with Gasteiger partial charge in [0, 0.05) is 25.5 Å². The van der Waals surface area contributed by atoms with Crippen molar-refractivity contribution in [1.29, 1.82) is 0 Å². The normalized spacial score (nSPS) is 22.1. The Morgan fingerprint density at radius 2 is 2.69 bits per heavy atom. The van der Waals surface area contributed by atoms with Crippen molar-refractivity contribution in [3.8, 4) is 0 Å². The SMILES string of the molecule is CCn1ccnc1NC1CCOC1. The number of hydrogen-bond acceptors (Lipinski definition) is 3. The number of nitrogens with one attached hydrogen (secondary N) is 1. The smallest absolute Gasteiger partial charge is 0.203 e. The van der Waals surface area contributed by atoms with Gasteiger partial charge in [0.05, 0.1) is 12.6 Å². The Kier molecular flexibility index (Phi) is 2.49. The molecule has 0 bridgehead atoms. The minimum Gasteiger partial charge on any atom is -0.379 e. The van der Waals surface area contributed by atoms with Gasteiger partial charge in [-0.3, -0.25) is 0 Å². The third-order valence-corrected chi connectivity index (χ3v) is 2.32. The molecule has 1 aromatic rings. The number of rotatable bonds is 3. The van der Waals surface area contributed by atoms with Gasteiger partial charge in [0.25, 0.3) is 0 Å². The maximum Gasteiger partial charge on any atom is 0.203 e. The molecule has 2 rings (SSSR count). The molecule has 0 radical (unpaired) electrons. The molecule has 0 saturated carbocycles. The van der Waals surface area contributed by atoms with Gasteiger partial charge in [0.2, 0.25) is 5.95 Å². The van der Waals surface area contributed by atoms with Crippen LogP contribution in [0, 0.1) is 0 Å². The molecular weight excluding hydrogens is 166 g/mol. The van der Waals surface area contributed by atoms with E-state index in [0.29, 0.717) is 6.04 Å². The quantitative estimate of drug-likeness (QED) is 0.759. The van der Waals surface area contributed by atoms with E-state index in [1.807, 2.05) is 12.4 Å². The van der Waals surface area contributed by atoms with Crippen molar-refractivity contribution in [3.63, 3.8) is 0 Å². The Bertz CT molecular complexity index is 266. The molecule has 1 aromatic heterocycles. The zero-order valence-corrected chi connectivity index (χ0v) is 7.86. The number of anilines is 1. The highest BCUT2D eigenvalue weighted by Crippen LogP contribution is 2.11. The molecule has 1 aliphatic rings. The molecule has 1 fully saturated rings. The minimum atomic E-state index is 0.438. The molecule has 1 atom stereocenters. The fourth-order valence-corrected chi connectivity index (χ4v) is 1.54. The van der Waals surface area contributed by atoms with E-state index in [4.69, 9.17) is 4.74 Å². The molecule has 1 unspecified atom stereocenters. The van der Waals surface area contributed by atoms with Crippen LogP contribution in [0.25, 0.3) is 0 Å². The first-order chi connectivity index (χ1) is 6.40. The van der Waals surface area contributed by atoms with Crippen LogP contribution in [-0.2, 0) is 11.3 Å². The fourth-order valence-electron chi connectivity index (χ4n) is 1.54. The highest BCUT2D eigenvalue weighted by molar-refractivity contribution is 5.27. The molecule has 72 valence electrons. The van der Waals surface area contributed by atoms with Crippen LogP contribution in [0.5, 0.6) is 0 Å². The minimum absolute atomic E-state index is 0.438. The Balaban J connectivity index is 1.99. The van der Waals surface area contributed by atoms with Crippen molar-refractivity contribution in [3.05, 3.63) is 12.4 Å². The summed E-state index contributed by atoms with van der Waals surface area (Å²) < 4.78 is 7.38. The highest BCUT2D eigenvalue weighted by atomic mass is 16.5. The van der Waals surface area contributed by atoms with Gasteiger partial charge in [-0.25, -0.2) is 4.98 Å². The molecule has 1 saturated heterocycles. The average Bonchev–Trinajstić information content (AvgIpc) is 2.76. The second kappa shape index (κ2) is 3.79. The first-order valence-electron chi connectivity index (χ1n) is 4.75. The fraction of sp³-hybridized carbons (Fsp3) is 0.667. The first-order valence-corrected chi connectivity index (χ1v) is 4.75. The van der Waals surface area contributed by atoms with Gasteiger partial charge in [0.15, 0.2) is 0 Å². The van der Waals surface area contributed by atoms with Crippen molar-refractivity contribution in [2.75, 3.05) is 18.5 Å². The van der Waals surface area contributed by atoms with E-state index in [9.17, 15) is 0 Å². The van der Waals surface area contributed by atoms with Crippen molar-refractivity contribution in [1.82, 2.24) is 9.55 Å². The van der Waals surface area contributed by atoms with Crippen LogP contribution in [0.4, 0.5) is 5.95 Å². The number of aryl methyl sites for hydroxylation is 1. The molecule has 0 aliphatic carbocycles. The van der Waals surface area contributed by atoms with E-state index < -0.39 is 0 Å². The van der Waals surface area contributed by atoms with E-state index in [0.717, 1.165) is 32.1 Å². The molecule has 0 amide bonds. The molecular formula is C9H15N3O. The van der Waals surface area contributed by atoms with Crippen LogP contribution in [0.3, 0.4) is 0 Å². The number of imidazole rings is 1. The largest absolute Gasteiger partial charge is 0.379 e. The van der Waals surface area contributed by atoms with E-state index >= 15 is 0 Å². The predicted molar refractivity (Wildman–Crippen MR) is 50.7 cm³/mol. The molecule has 4 nitrogen and oxygen atoms in total. The van der Waals surface area contributed by atoms with Crippen LogP contribution in [0.2, 0.25) is 0 Å². The summed E-state index contributed by atoms with van der Waals surface area (Å²) in [5.74, 6) is 0.956. The Morgan fingerprint density at radius 3 is 3.38 bits per heavy atom. The van der Waals surface area contributed by atoms with Crippen LogP contribution in [0.15, 0.2) is 12.4 Å². The molecule has 4 heteroatoms. The number of nitrogens with zero attached hydrogens (tertiary/aromatic N) is 2. The van der Waals surface area contributed by atoms with Crippen LogP contribution >= 0.6 is 0 Å². The van der Waals surface area contributed by atoms with E-state index in [2.05, 4.69) is 21.8 Å². The van der Waals surface area contributed by atoms with Crippen molar-refractivity contribution in [2.45, 2.75) is 25.9 Å². The van der Waals surface area contributed by atoms with Crippen molar-refractivity contribution in [2.24, 2.45) is 0 Å². The Morgan fingerprint density at radius 1 is 1.77 bits per heavy atom. The standard InChI is InChI=1S/C9H15N3O/c1-2-12-5-4-10-9(12)11-8-3-6-13-7-8/h4-5,8H,2-3,6-7H2,1H3,(H,10,11). The van der Waals surface area contributed by atoms with Gasteiger partial charge in [-0.2, -0.15) is 0 Å². The summed E-state index contributed by atoms with van der Waals surface area (Å²) >= 11 is 0. The first kappa shape index (κ1) is 8.56. The zero-order chi connectivity index (χ0) is 9.10. The molecule has 0 aromatic carbocycles. The molecule has 1 aliphatic heterocycles. The summed E-state index contributed by atoms with van der Waals surface area (Å²) in [5, 5.41) is 3.37. The van der Waals surface area contributed by atoms with E-state index in [1.54, 1.807) is 0 Å². The third kappa shape index (κ3) is 1.83. The monoisotopic (exact) mass is 181 g/mol. The summed E-state index contributed by atoms with van der Waals surface area (Å²) in [7, 11) is 0. The summed E-state index contributed by atoms with van der Waals surface area (Å²) in [6.07, 6.45) is 4.89. The maximum absolute atomic E-state index is 5.28. The van der Waals surface area contributed by atoms with Crippen LogP contribution in [-0.4, -0.2) is 28.8 Å². The lowest BCUT2D eigenvalue weighted by Crippen LogP contribution is -2.21. The lowest BCUT2D eigenvalue weighted by Gasteiger charge is -2.12. The lowest BCUT2D eigenvalue weighted by atomic mass is 10.3. The van der Waals surface area contributed by atoms with Gasteiger partial charge in [-0.15, -0.1) is 0 Å². The van der Waals surface area contributed by atoms with Gasteiger partial charge in [-0.05, 0) is 13.3 Å². The van der Waals surface area contributed by atoms with Crippen LogP contribution in [0.1, 0.15) is 13.3 Å². The highest BCUT2D eigenvalue weighted by Gasteiger charge is 2.16. The summed E-state index contributed by atoms with van der Waals surface area (Å²) in [6.45, 7) is 4.73. The number of hydrogen-bond donors (Lipinski definition) is 1. The van der Waals surface area contributed by atoms with Crippen molar-refractivity contribution >= 4 is 5.95 Å².